The van der Waals surface area contributed by atoms with Gasteiger partial charge >= 0.3 is 0 Å². The van der Waals surface area contributed by atoms with Crippen LogP contribution < -0.4 is 20.9 Å². The molecule has 1 aromatic rings. The molecule has 0 unspecified atom stereocenters. The van der Waals surface area contributed by atoms with Gasteiger partial charge in [0.1, 0.15) is 6.54 Å². The maximum atomic E-state index is 5.03. The highest BCUT2D eigenvalue weighted by molar-refractivity contribution is 7.80. The summed E-state index contributed by atoms with van der Waals surface area (Å²) < 4.78 is 0. The van der Waals surface area contributed by atoms with Crippen molar-refractivity contribution in [3.63, 3.8) is 0 Å². The second-order valence-corrected chi connectivity index (χ2v) is 3.40. The van der Waals surface area contributed by atoms with Crippen LogP contribution in [0.25, 0.3) is 0 Å². The third-order valence-corrected chi connectivity index (χ3v) is 2.06. The van der Waals surface area contributed by atoms with E-state index < -0.39 is 0 Å². The molecule has 1 aromatic heterocycles. The highest BCUT2D eigenvalue weighted by Gasteiger charge is 1.97. The Morgan fingerprint density at radius 2 is 2.20 bits per heavy atom. The zero-order chi connectivity index (χ0) is 10.9. The van der Waals surface area contributed by atoms with Crippen LogP contribution >= 0.6 is 12.2 Å². The summed E-state index contributed by atoms with van der Waals surface area (Å²) in [6.07, 6.45) is 1.89. The molecule has 0 amide bonds. The number of aromatic nitrogens is 1. The molecule has 4 N–H and O–H groups in total. The molecule has 0 fully saturated rings. The molecule has 0 bridgehead atoms. The van der Waals surface area contributed by atoms with Gasteiger partial charge in [0.15, 0.2) is 5.11 Å². The molecule has 4 nitrogen and oxygen atoms in total. The maximum absolute atomic E-state index is 5.03. The SMILES string of the molecule is CCNC(=S)NCCNc1cccc[nH+]1. The highest BCUT2D eigenvalue weighted by Crippen LogP contribution is 1.92. The lowest BCUT2D eigenvalue weighted by Crippen LogP contribution is -2.37. The second-order valence-electron chi connectivity index (χ2n) is 2.99. The van der Waals surface area contributed by atoms with E-state index in [0.29, 0.717) is 5.11 Å². The van der Waals surface area contributed by atoms with Gasteiger partial charge in [0, 0.05) is 12.6 Å². The molecule has 0 radical (unpaired) electrons. The minimum Gasteiger partial charge on any atom is -0.363 e. The number of anilines is 1. The van der Waals surface area contributed by atoms with E-state index in [2.05, 4.69) is 20.9 Å². The first kappa shape index (κ1) is 11.7. The Morgan fingerprint density at radius 3 is 2.87 bits per heavy atom. The summed E-state index contributed by atoms with van der Waals surface area (Å²) in [4.78, 5) is 3.09. The average Bonchev–Trinajstić information content (AvgIpc) is 2.26. The Hall–Kier alpha value is -1.36. The summed E-state index contributed by atoms with van der Waals surface area (Å²) in [6, 6.07) is 5.92. The van der Waals surface area contributed by atoms with Crippen LogP contribution in [0.5, 0.6) is 0 Å². The number of pyridine rings is 1. The Morgan fingerprint density at radius 1 is 1.33 bits per heavy atom. The molecule has 0 aromatic carbocycles. The number of rotatable bonds is 5. The first-order valence-corrected chi connectivity index (χ1v) is 5.46. The van der Waals surface area contributed by atoms with Gasteiger partial charge in [-0.05, 0) is 25.2 Å². The number of nitrogens with one attached hydrogen (secondary N) is 4. The topological polar surface area (TPSA) is 50.2 Å². The average molecular weight is 225 g/mol. The Balaban J connectivity index is 2.10. The summed E-state index contributed by atoms with van der Waals surface area (Å²) in [5, 5.41) is 10.1. The quantitative estimate of drug-likeness (QED) is 0.501. The van der Waals surface area contributed by atoms with E-state index in [1.807, 2.05) is 31.3 Å². The molecule has 0 aliphatic heterocycles. The summed E-state index contributed by atoms with van der Waals surface area (Å²) in [5.41, 5.74) is 0. The van der Waals surface area contributed by atoms with Crippen LogP contribution in [0.4, 0.5) is 5.82 Å². The minimum atomic E-state index is 0.705. The van der Waals surface area contributed by atoms with Gasteiger partial charge in [0.05, 0.1) is 12.7 Å². The number of hydrogen-bond donors (Lipinski definition) is 3. The third-order valence-electron chi connectivity index (χ3n) is 1.77. The van der Waals surface area contributed by atoms with Crippen molar-refractivity contribution >= 4 is 23.1 Å². The van der Waals surface area contributed by atoms with Gasteiger partial charge in [-0.15, -0.1) is 0 Å². The number of H-pyrrole nitrogens is 1. The molecule has 82 valence electrons. The lowest BCUT2D eigenvalue weighted by Gasteiger charge is -2.06. The fraction of sp³-hybridized carbons (Fsp3) is 0.400. The fourth-order valence-corrected chi connectivity index (χ4v) is 1.35. The van der Waals surface area contributed by atoms with Gasteiger partial charge in [0.2, 0.25) is 0 Å². The summed E-state index contributed by atoms with van der Waals surface area (Å²) in [5.74, 6) is 1.01. The van der Waals surface area contributed by atoms with Crippen molar-refractivity contribution in [2.24, 2.45) is 0 Å². The molecule has 1 rings (SSSR count). The van der Waals surface area contributed by atoms with Crippen LogP contribution in [0.1, 0.15) is 6.92 Å². The number of thiocarbonyl (C=S) groups is 1. The van der Waals surface area contributed by atoms with Gasteiger partial charge in [0.25, 0.3) is 5.82 Å². The fourth-order valence-electron chi connectivity index (χ4n) is 1.10. The lowest BCUT2D eigenvalue weighted by molar-refractivity contribution is -0.361. The molecule has 0 spiro atoms. The Labute approximate surface area is 95.5 Å². The van der Waals surface area contributed by atoms with Crippen molar-refractivity contribution in [3.8, 4) is 0 Å². The van der Waals surface area contributed by atoms with Crippen LogP contribution in [0.15, 0.2) is 24.4 Å². The zero-order valence-electron chi connectivity index (χ0n) is 8.84. The van der Waals surface area contributed by atoms with Crippen molar-refractivity contribution < 1.29 is 4.98 Å². The number of aromatic amines is 1. The van der Waals surface area contributed by atoms with Crippen LogP contribution in [0.2, 0.25) is 0 Å². The van der Waals surface area contributed by atoms with Gasteiger partial charge in [-0.25, -0.2) is 4.98 Å². The van der Waals surface area contributed by atoms with Gasteiger partial charge < -0.3 is 10.6 Å². The summed E-state index contributed by atoms with van der Waals surface area (Å²) in [7, 11) is 0. The zero-order valence-corrected chi connectivity index (χ0v) is 9.66. The van der Waals surface area contributed by atoms with E-state index in [9.17, 15) is 0 Å². The lowest BCUT2D eigenvalue weighted by atomic mass is 10.4. The van der Waals surface area contributed by atoms with Gasteiger partial charge in [-0.2, -0.15) is 0 Å². The molecule has 0 saturated carbocycles. The molecular weight excluding hydrogens is 208 g/mol. The Bertz CT molecular complexity index is 289. The molecule has 0 atom stereocenters. The first-order valence-electron chi connectivity index (χ1n) is 5.05. The van der Waals surface area contributed by atoms with Crippen molar-refractivity contribution in [2.45, 2.75) is 6.92 Å². The molecule has 15 heavy (non-hydrogen) atoms. The third kappa shape index (κ3) is 5.17. The van der Waals surface area contributed by atoms with E-state index in [0.717, 1.165) is 25.5 Å². The molecule has 0 aliphatic rings. The second kappa shape index (κ2) is 7.00. The van der Waals surface area contributed by atoms with Crippen molar-refractivity contribution in [2.75, 3.05) is 25.0 Å². The van der Waals surface area contributed by atoms with E-state index in [1.165, 1.54) is 0 Å². The first-order chi connectivity index (χ1) is 7.33. The van der Waals surface area contributed by atoms with E-state index in [4.69, 9.17) is 12.2 Å². The van der Waals surface area contributed by atoms with E-state index in [1.54, 1.807) is 0 Å². The van der Waals surface area contributed by atoms with Gasteiger partial charge in [-0.1, -0.05) is 6.07 Å². The van der Waals surface area contributed by atoms with E-state index in [-0.39, 0.29) is 0 Å². The molecule has 0 aliphatic carbocycles. The van der Waals surface area contributed by atoms with Crippen LogP contribution in [-0.2, 0) is 0 Å². The maximum Gasteiger partial charge on any atom is 0.272 e. The van der Waals surface area contributed by atoms with Crippen molar-refractivity contribution in [1.82, 2.24) is 10.6 Å². The minimum absolute atomic E-state index is 0.705. The largest absolute Gasteiger partial charge is 0.363 e. The van der Waals surface area contributed by atoms with Crippen LogP contribution in [-0.4, -0.2) is 24.7 Å². The standard InChI is InChI=1S/C10H16N4S/c1-2-11-10(15)14-8-7-13-9-5-3-4-6-12-9/h3-6H,2,7-8H2,1H3,(H,12,13)(H2,11,14,15)/p+1. The van der Waals surface area contributed by atoms with E-state index >= 15 is 0 Å². The summed E-state index contributed by atoms with van der Waals surface area (Å²) >= 11 is 5.03. The van der Waals surface area contributed by atoms with Crippen LogP contribution in [0.3, 0.4) is 0 Å². The monoisotopic (exact) mass is 225 g/mol. The molecular formula is C10H17N4S+. The predicted octanol–water partition coefficient (Wildman–Crippen LogP) is 0.397. The summed E-state index contributed by atoms with van der Waals surface area (Å²) in [6.45, 7) is 4.50. The smallest absolute Gasteiger partial charge is 0.272 e. The van der Waals surface area contributed by atoms with Gasteiger partial charge in [-0.3, -0.25) is 5.32 Å². The normalized spacial score (nSPS) is 9.40. The molecule has 1 heterocycles. The molecule has 0 saturated heterocycles. The number of hydrogen-bond acceptors (Lipinski definition) is 2. The highest BCUT2D eigenvalue weighted by atomic mass is 32.1. The van der Waals surface area contributed by atoms with Crippen molar-refractivity contribution in [1.29, 1.82) is 0 Å². The Kier molecular flexibility index (Phi) is 5.47. The molecule has 5 heteroatoms. The van der Waals surface area contributed by atoms with Crippen molar-refractivity contribution in [3.05, 3.63) is 24.4 Å². The predicted molar refractivity (Wildman–Crippen MR) is 65.8 cm³/mol. The van der Waals surface area contributed by atoms with Crippen LogP contribution in [0, 0.1) is 0 Å².